The fourth-order valence-electron chi connectivity index (χ4n) is 2.48. The number of anilines is 1. The van der Waals surface area contributed by atoms with Gasteiger partial charge in [-0.15, -0.1) is 5.10 Å². The predicted molar refractivity (Wildman–Crippen MR) is 74.5 cm³/mol. The molecule has 100 valence electrons. The Morgan fingerprint density at radius 3 is 2.95 bits per heavy atom. The molecule has 1 fully saturated rings. The summed E-state index contributed by atoms with van der Waals surface area (Å²) in [6.07, 6.45) is 3.84. The van der Waals surface area contributed by atoms with E-state index in [9.17, 15) is 0 Å². The molecule has 3 rings (SSSR count). The van der Waals surface area contributed by atoms with Gasteiger partial charge in [-0.05, 0) is 54.3 Å². The molecule has 1 atom stereocenters. The summed E-state index contributed by atoms with van der Waals surface area (Å²) in [5.41, 5.74) is 8.78. The summed E-state index contributed by atoms with van der Waals surface area (Å²) in [6.45, 7) is 4.24. The van der Waals surface area contributed by atoms with Crippen LogP contribution in [0.15, 0.2) is 18.2 Å². The molecule has 0 saturated heterocycles. The van der Waals surface area contributed by atoms with Crippen LogP contribution in [0, 0.1) is 12.8 Å². The number of benzene rings is 1. The van der Waals surface area contributed by atoms with Gasteiger partial charge in [-0.3, -0.25) is 0 Å². The van der Waals surface area contributed by atoms with Gasteiger partial charge in [0.1, 0.15) is 0 Å². The lowest BCUT2D eigenvalue weighted by Gasteiger charge is -2.14. The van der Waals surface area contributed by atoms with Gasteiger partial charge in [0.05, 0.1) is 6.04 Å². The standard InChI is InChI=1S/C14H19N5/c1-9-3-6-12(15)8-13(9)14-16-17-18-19(14)10(2)7-11-4-5-11/h3,6,8,10-11H,4-5,7,15H2,1-2H3. The van der Waals surface area contributed by atoms with Gasteiger partial charge in [0, 0.05) is 11.3 Å². The van der Waals surface area contributed by atoms with Crippen LogP contribution in [0.4, 0.5) is 5.69 Å². The SMILES string of the molecule is Cc1ccc(N)cc1-c1nnnn1C(C)CC1CC1. The van der Waals surface area contributed by atoms with Gasteiger partial charge in [0.25, 0.3) is 0 Å². The lowest BCUT2D eigenvalue weighted by molar-refractivity contribution is 0.430. The van der Waals surface area contributed by atoms with Crippen molar-refractivity contribution in [3.8, 4) is 11.4 Å². The third kappa shape index (κ3) is 2.45. The highest BCUT2D eigenvalue weighted by Crippen LogP contribution is 2.37. The molecule has 2 N–H and O–H groups in total. The van der Waals surface area contributed by atoms with Crippen LogP contribution < -0.4 is 5.73 Å². The maximum Gasteiger partial charge on any atom is 0.182 e. The number of nitrogens with two attached hydrogens (primary N) is 1. The molecule has 0 radical (unpaired) electrons. The van der Waals surface area contributed by atoms with Crippen LogP contribution in [0.5, 0.6) is 0 Å². The molecule has 1 aromatic carbocycles. The first-order valence-corrected chi connectivity index (χ1v) is 6.79. The lowest BCUT2D eigenvalue weighted by Crippen LogP contribution is -2.10. The van der Waals surface area contributed by atoms with Crippen molar-refractivity contribution in [1.82, 2.24) is 20.2 Å². The van der Waals surface area contributed by atoms with Crippen LogP contribution >= 0.6 is 0 Å². The molecule has 0 spiro atoms. The Labute approximate surface area is 112 Å². The average molecular weight is 257 g/mol. The number of hydrogen-bond donors (Lipinski definition) is 1. The normalized spacial score (nSPS) is 16.5. The van der Waals surface area contributed by atoms with Crippen molar-refractivity contribution in [2.75, 3.05) is 5.73 Å². The van der Waals surface area contributed by atoms with E-state index in [1.807, 2.05) is 22.9 Å². The molecular formula is C14H19N5. The first kappa shape index (κ1) is 12.1. The van der Waals surface area contributed by atoms with Crippen LogP contribution in [0.2, 0.25) is 0 Å². The minimum atomic E-state index is 0.332. The second-order valence-electron chi connectivity index (χ2n) is 5.55. The molecule has 1 aliphatic rings. The fraction of sp³-hybridized carbons (Fsp3) is 0.500. The summed E-state index contributed by atoms with van der Waals surface area (Å²) in [7, 11) is 0. The highest BCUT2D eigenvalue weighted by molar-refractivity contribution is 5.65. The number of tetrazole rings is 1. The number of rotatable bonds is 4. The monoisotopic (exact) mass is 257 g/mol. The maximum atomic E-state index is 5.87. The van der Waals surface area contributed by atoms with Crippen molar-refractivity contribution in [1.29, 1.82) is 0 Å². The molecule has 5 nitrogen and oxygen atoms in total. The van der Waals surface area contributed by atoms with Gasteiger partial charge >= 0.3 is 0 Å². The van der Waals surface area contributed by atoms with Gasteiger partial charge in [0.2, 0.25) is 0 Å². The van der Waals surface area contributed by atoms with Crippen molar-refractivity contribution >= 4 is 5.69 Å². The number of aromatic nitrogens is 4. The molecule has 5 heteroatoms. The first-order valence-electron chi connectivity index (χ1n) is 6.79. The first-order chi connectivity index (χ1) is 9.15. The van der Waals surface area contributed by atoms with E-state index in [4.69, 9.17) is 5.73 Å². The topological polar surface area (TPSA) is 69.6 Å². The van der Waals surface area contributed by atoms with E-state index >= 15 is 0 Å². The second-order valence-corrected chi connectivity index (χ2v) is 5.55. The van der Waals surface area contributed by atoms with Gasteiger partial charge in [-0.1, -0.05) is 18.9 Å². The molecule has 1 saturated carbocycles. The Balaban J connectivity index is 1.96. The molecule has 1 heterocycles. The zero-order chi connectivity index (χ0) is 13.4. The largest absolute Gasteiger partial charge is 0.399 e. The van der Waals surface area contributed by atoms with E-state index < -0.39 is 0 Å². The quantitative estimate of drug-likeness (QED) is 0.855. The van der Waals surface area contributed by atoms with Crippen molar-refractivity contribution in [2.45, 2.75) is 39.2 Å². The Morgan fingerprint density at radius 1 is 1.42 bits per heavy atom. The van der Waals surface area contributed by atoms with Gasteiger partial charge in [0.15, 0.2) is 5.82 Å². The second kappa shape index (κ2) is 4.64. The Morgan fingerprint density at radius 2 is 2.21 bits per heavy atom. The predicted octanol–water partition coefficient (Wildman–Crippen LogP) is 2.59. The number of aryl methyl sites for hydroxylation is 1. The summed E-state index contributed by atoms with van der Waals surface area (Å²) in [4.78, 5) is 0. The molecule has 2 aromatic rings. The van der Waals surface area contributed by atoms with Crippen molar-refractivity contribution in [2.24, 2.45) is 5.92 Å². The van der Waals surface area contributed by atoms with E-state index in [-0.39, 0.29) is 0 Å². The third-order valence-corrected chi connectivity index (χ3v) is 3.78. The summed E-state index contributed by atoms with van der Waals surface area (Å²) < 4.78 is 1.93. The summed E-state index contributed by atoms with van der Waals surface area (Å²) in [5, 5.41) is 12.2. The van der Waals surface area contributed by atoms with Crippen LogP contribution in [0.1, 0.15) is 37.8 Å². The van der Waals surface area contributed by atoms with Gasteiger partial charge in [-0.2, -0.15) is 0 Å². The summed E-state index contributed by atoms with van der Waals surface area (Å²) in [5.74, 6) is 1.67. The molecule has 1 unspecified atom stereocenters. The smallest absolute Gasteiger partial charge is 0.182 e. The molecule has 19 heavy (non-hydrogen) atoms. The van der Waals surface area contributed by atoms with Crippen LogP contribution in [-0.2, 0) is 0 Å². The maximum absolute atomic E-state index is 5.87. The average Bonchev–Trinajstić information content (AvgIpc) is 3.06. The Bertz CT molecular complexity index is 585. The van der Waals surface area contributed by atoms with Crippen molar-refractivity contribution in [3.05, 3.63) is 23.8 Å². The van der Waals surface area contributed by atoms with Crippen molar-refractivity contribution in [3.63, 3.8) is 0 Å². The molecule has 0 aliphatic heterocycles. The zero-order valence-corrected chi connectivity index (χ0v) is 11.4. The van der Waals surface area contributed by atoms with Crippen LogP contribution in [0.25, 0.3) is 11.4 Å². The summed E-state index contributed by atoms with van der Waals surface area (Å²) in [6, 6.07) is 6.19. The van der Waals surface area contributed by atoms with E-state index in [2.05, 4.69) is 29.4 Å². The van der Waals surface area contributed by atoms with E-state index in [0.717, 1.165) is 35.0 Å². The van der Waals surface area contributed by atoms with E-state index in [1.165, 1.54) is 12.8 Å². The van der Waals surface area contributed by atoms with Gasteiger partial charge < -0.3 is 5.73 Å². The van der Waals surface area contributed by atoms with Crippen LogP contribution in [0.3, 0.4) is 0 Å². The van der Waals surface area contributed by atoms with Crippen LogP contribution in [-0.4, -0.2) is 20.2 Å². The zero-order valence-electron chi connectivity index (χ0n) is 11.4. The highest BCUT2D eigenvalue weighted by Gasteiger charge is 2.26. The Kier molecular flexibility index (Phi) is 2.97. The summed E-state index contributed by atoms with van der Waals surface area (Å²) >= 11 is 0. The highest BCUT2D eigenvalue weighted by atomic mass is 15.5. The molecular weight excluding hydrogens is 238 g/mol. The van der Waals surface area contributed by atoms with Gasteiger partial charge in [-0.25, -0.2) is 4.68 Å². The molecule has 1 aliphatic carbocycles. The number of hydrogen-bond acceptors (Lipinski definition) is 4. The molecule has 0 amide bonds. The third-order valence-electron chi connectivity index (χ3n) is 3.78. The number of nitrogen functional groups attached to an aromatic ring is 1. The molecule has 1 aromatic heterocycles. The lowest BCUT2D eigenvalue weighted by atomic mass is 10.1. The van der Waals surface area contributed by atoms with E-state index in [1.54, 1.807) is 0 Å². The van der Waals surface area contributed by atoms with E-state index in [0.29, 0.717) is 6.04 Å². The number of nitrogens with zero attached hydrogens (tertiary/aromatic N) is 4. The minimum Gasteiger partial charge on any atom is -0.399 e. The Hall–Kier alpha value is -1.91. The molecule has 0 bridgehead atoms. The minimum absolute atomic E-state index is 0.332. The fourth-order valence-corrected chi connectivity index (χ4v) is 2.48. The van der Waals surface area contributed by atoms with Crippen molar-refractivity contribution < 1.29 is 0 Å².